The molecule has 4 nitrogen and oxygen atoms in total. The van der Waals surface area contributed by atoms with Crippen molar-refractivity contribution in [1.29, 1.82) is 5.26 Å². The summed E-state index contributed by atoms with van der Waals surface area (Å²) < 4.78 is 0. The van der Waals surface area contributed by atoms with E-state index in [2.05, 4.69) is 34.7 Å². The van der Waals surface area contributed by atoms with Gasteiger partial charge < -0.3 is 9.80 Å². The van der Waals surface area contributed by atoms with Crippen molar-refractivity contribution >= 4 is 5.69 Å². The molecule has 0 unspecified atom stereocenters. The largest absolute Gasteiger partial charge is 0.370 e. The first-order valence-electron chi connectivity index (χ1n) is 9.13. The zero-order valence-corrected chi connectivity index (χ0v) is 14.7. The third-order valence-corrected chi connectivity index (χ3v) is 4.60. The maximum atomic E-state index is 8.79. The molecule has 2 fully saturated rings. The molecular weight excluding hydrogens is 284 g/mol. The van der Waals surface area contributed by atoms with E-state index >= 15 is 0 Å². The van der Waals surface area contributed by atoms with Crippen LogP contribution in [0.2, 0.25) is 0 Å². The highest BCUT2D eigenvalue weighted by Gasteiger charge is 2.25. The Labute approximate surface area is 141 Å². The molecule has 0 saturated carbocycles. The van der Waals surface area contributed by atoms with Gasteiger partial charge in [0.25, 0.3) is 0 Å². The van der Waals surface area contributed by atoms with Crippen molar-refractivity contribution in [2.75, 3.05) is 31.1 Å². The standard InChI is InChI=1S/C16H22N4.C3H8/c17-12-14-4-5-16(13-18-14)20-10-6-15(7-11-20)19-8-2-1-3-9-19;1-3-2/h4-5,13,15H,1-3,6-11H2;3H2,1-2H3. The molecule has 3 heterocycles. The SMILES string of the molecule is CCC.N#Cc1ccc(N2CCC(N3CCCCC3)CC2)cn1. The van der Waals surface area contributed by atoms with Crippen molar-refractivity contribution in [3.8, 4) is 6.07 Å². The molecule has 0 bridgehead atoms. The van der Waals surface area contributed by atoms with Crippen molar-refractivity contribution in [1.82, 2.24) is 9.88 Å². The maximum absolute atomic E-state index is 8.79. The fraction of sp³-hybridized carbons (Fsp3) is 0.684. The lowest BCUT2D eigenvalue weighted by Crippen LogP contribution is -2.46. The van der Waals surface area contributed by atoms with Gasteiger partial charge in [-0.15, -0.1) is 0 Å². The second kappa shape index (κ2) is 9.52. The average Bonchev–Trinajstić information content (AvgIpc) is 2.63. The van der Waals surface area contributed by atoms with Gasteiger partial charge in [-0.1, -0.05) is 26.7 Å². The first-order chi connectivity index (χ1) is 11.3. The zero-order valence-electron chi connectivity index (χ0n) is 14.7. The number of nitriles is 1. The molecule has 126 valence electrons. The van der Waals surface area contributed by atoms with Gasteiger partial charge in [0.05, 0.1) is 11.9 Å². The molecule has 4 heteroatoms. The van der Waals surface area contributed by atoms with Gasteiger partial charge in [0, 0.05) is 19.1 Å². The second-order valence-corrected chi connectivity index (χ2v) is 6.54. The summed E-state index contributed by atoms with van der Waals surface area (Å²) >= 11 is 0. The van der Waals surface area contributed by atoms with E-state index in [9.17, 15) is 0 Å². The predicted molar refractivity (Wildman–Crippen MR) is 95.6 cm³/mol. The highest BCUT2D eigenvalue weighted by Crippen LogP contribution is 2.24. The molecule has 0 radical (unpaired) electrons. The van der Waals surface area contributed by atoms with Gasteiger partial charge in [0.2, 0.25) is 0 Å². The molecular formula is C19H30N4. The molecule has 0 atom stereocenters. The number of aromatic nitrogens is 1. The lowest BCUT2D eigenvalue weighted by atomic mass is 9.99. The Balaban J connectivity index is 0.000000595. The van der Waals surface area contributed by atoms with E-state index in [4.69, 9.17) is 5.26 Å². The van der Waals surface area contributed by atoms with Gasteiger partial charge >= 0.3 is 0 Å². The number of piperidine rings is 2. The molecule has 0 aliphatic carbocycles. The van der Waals surface area contributed by atoms with Crippen LogP contribution in [0.1, 0.15) is 58.1 Å². The molecule has 0 N–H and O–H groups in total. The van der Waals surface area contributed by atoms with Crippen molar-refractivity contribution in [2.24, 2.45) is 0 Å². The van der Waals surface area contributed by atoms with E-state index in [1.165, 1.54) is 51.6 Å². The van der Waals surface area contributed by atoms with Crippen LogP contribution in [-0.4, -0.2) is 42.1 Å². The Morgan fingerprint density at radius 3 is 2.26 bits per heavy atom. The molecule has 2 aliphatic heterocycles. The highest BCUT2D eigenvalue weighted by molar-refractivity contribution is 5.46. The zero-order chi connectivity index (χ0) is 16.5. The molecule has 3 rings (SSSR count). The fourth-order valence-electron chi connectivity index (χ4n) is 3.41. The predicted octanol–water partition coefficient (Wildman–Crippen LogP) is 3.82. The van der Waals surface area contributed by atoms with E-state index in [-0.39, 0.29) is 0 Å². The van der Waals surface area contributed by atoms with Crippen molar-refractivity contribution in [2.45, 2.75) is 58.4 Å². The Hall–Kier alpha value is -1.60. The smallest absolute Gasteiger partial charge is 0.140 e. The van der Waals surface area contributed by atoms with E-state index < -0.39 is 0 Å². The number of rotatable bonds is 2. The first kappa shape index (κ1) is 17.7. The van der Waals surface area contributed by atoms with Gasteiger partial charge in [-0.25, -0.2) is 4.98 Å². The summed E-state index contributed by atoms with van der Waals surface area (Å²) in [5.74, 6) is 0. The van der Waals surface area contributed by atoms with Crippen LogP contribution in [0.25, 0.3) is 0 Å². The summed E-state index contributed by atoms with van der Waals surface area (Å²) in [6, 6.07) is 6.68. The van der Waals surface area contributed by atoms with Crippen molar-refractivity contribution in [3.05, 3.63) is 24.0 Å². The average molecular weight is 314 g/mol. The number of hydrogen-bond donors (Lipinski definition) is 0. The molecule has 0 spiro atoms. The van der Waals surface area contributed by atoms with E-state index in [0.717, 1.165) is 24.8 Å². The van der Waals surface area contributed by atoms with E-state index in [1.807, 2.05) is 18.3 Å². The molecule has 23 heavy (non-hydrogen) atoms. The summed E-state index contributed by atoms with van der Waals surface area (Å²) in [4.78, 5) is 9.26. The van der Waals surface area contributed by atoms with Crippen LogP contribution in [-0.2, 0) is 0 Å². The minimum atomic E-state index is 0.497. The maximum Gasteiger partial charge on any atom is 0.140 e. The van der Waals surface area contributed by atoms with Crippen molar-refractivity contribution in [3.63, 3.8) is 0 Å². The molecule has 1 aromatic rings. The van der Waals surface area contributed by atoms with Crippen LogP contribution in [0.15, 0.2) is 18.3 Å². The fourth-order valence-corrected chi connectivity index (χ4v) is 3.41. The minimum Gasteiger partial charge on any atom is -0.370 e. The van der Waals surface area contributed by atoms with Gasteiger partial charge in [-0.3, -0.25) is 0 Å². The summed E-state index contributed by atoms with van der Waals surface area (Å²) in [5, 5.41) is 8.79. The normalized spacial score (nSPS) is 19.6. The minimum absolute atomic E-state index is 0.497. The topological polar surface area (TPSA) is 43.2 Å². The molecule has 2 saturated heterocycles. The number of anilines is 1. The van der Waals surface area contributed by atoms with Crippen LogP contribution >= 0.6 is 0 Å². The number of hydrogen-bond acceptors (Lipinski definition) is 4. The lowest BCUT2D eigenvalue weighted by molar-refractivity contribution is 0.141. The Kier molecular flexibility index (Phi) is 7.35. The molecule has 2 aliphatic rings. The van der Waals surface area contributed by atoms with Crippen LogP contribution in [0, 0.1) is 11.3 Å². The quantitative estimate of drug-likeness (QED) is 0.832. The second-order valence-electron chi connectivity index (χ2n) is 6.54. The lowest BCUT2D eigenvalue weighted by Gasteiger charge is -2.40. The molecule has 0 aromatic carbocycles. The van der Waals surface area contributed by atoms with Crippen LogP contribution in [0.3, 0.4) is 0 Å². The number of nitrogens with zero attached hydrogens (tertiary/aromatic N) is 4. The third-order valence-electron chi connectivity index (χ3n) is 4.60. The van der Waals surface area contributed by atoms with Crippen LogP contribution in [0.4, 0.5) is 5.69 Å². The molecule has 1 aromatic heterocycles. The monoisotopic (exact) mass is 314 g/mol. The Bertz CT molecular complexity index is 477. The van der Waals surface area contributed by atoms with E-state index in [0.29, 0.717) is 5.69 Å². The van der Waals surface area contributed by atoms with Gasteiger partial charge in [0.1, 0.15) is 11.8 Å². The van der Waals surface area contributed by atoms with Gasteiger partial charge in [0.15, 0.2) is 0 Å². The molecule has 0 amide bonds. The third kappa shape index (κ3) is 5.21. The Morgan fingerprint density at radius 1 is 1.09 bits per heavy atom. The summed E-state index contributed by atoms with van der Waals surface area (Å²) in [6.45, 7) is 9.05. The summed E-state index contributed by atoms with van der Waals surface area (Å²) in [7, 11) is 0. The summed E-state index contributed by atoms with van der Waals surface area (Å²) in [6.07, 6.45) is 9.74. The van der Waals surface area contributed by atoms with Crippen molar-refractivity contribution < 1.29 is 0 Å². The van der Waals surface area contributed by atoms with Gasteiger partial charge in [-0.2, -0.15) is 5.26 Å². The summed E-state index contributed by atoms with van der Waals surface area (Å²) in [5.41, 5.74) is 1.65. The van der Waals surface area contributed by atoms with E-state index in [1.54, 1.807) is 0 Å². The highest BCUT2D eigenvalue weighted by atomic mass is 15.2. The first-order valence-corrected chi connectivity index (χ1v) is 9.13. The van der Waals surface area contributed by atoms with Gasteiger partial charge in [-0.05, 0) is 50.9 Å². The number of likely N-dealkylation sites (tertiary alicyclic amines) is 1. The Morgan fingerprint density at radius 2 is 1.74 bits per heavy atom. The van der Waals surface area contributed by atoms with Crippen LogP contribution < -0.4 is 4.90 Å². The number of pyridine rings is 1. The van der Waals surface area contributed by atoms with Crippen LogP contribution in [0.5, 0.6) is 0 Å².